The zero-order valence-corrected chi connectivity index (χ0v) is 11.1. The summed E-state index contributed by atoms with van der Waals surface area (Å²) in [6, 6.07) is 4.76. The molecule has 4 nitrogen and oxygen atoms in total. The lowest BCUT2D eigenvalue weighted by Crippen LogP contribution is -2.36. The van der Waals surface area contributed by atoms with Crippen molar-refractivity contribution < 1.29 is 8.42 Å². The van der Waals surface area contributed by atoms with Crippen molar-refractivity contribution in [3.63, 3.8) is 0 Å². The van der Waals surface area contributed by atoms with Gasteiger partial charge < -0.3 is 0 Å². The van der Waals surface area contributed by atoms with Gasteiger partial charge in [0.2, 0.25) is 0 Å². The topological polar surface area (TPSA) is 63.4 Å². The lowest BCUT2D eigenvalue weighted by Gasteiger charge is -2.17. The summed E-state index contributed by atoms with van der Waals surface area (Å²) in [5.74, 6) is 2.22. The predicted octanol–water partition coefficient (Wildman–Crippen LogP) is 1.63. The molecule has 0 aliphatic carbocycles. The van der Waals surface area contributed by atoms with Crippen molar-refractivity contribution in [3.8, 4) is 12.3 Å². The molecule has 0 fully saturated rings. The molecule has 92 valence electrons. The molecule has 0 atom stereocenters. The summed E-state index contributed by atoms with van der Waals surface area (Å²) >= 11 is 11.7. The third kappa shape index (κ3) is 4.19. The minimum absolute atomic E-state index is 0.0129. The molecule has 0 spiro atoms. The Balaban J connectivity index is 2.99. The number of benzene rings is 1. The number of nitrogens with zero attached hydrogens (tertiary/aromatic N) is 1. The Kier molecular flexibility index (Phi) is 4.80. The van der Waals surface area contributed by atoms with Crippen LogP contribution >= 0.6 is 23.2 Å². The van der Waals surface area contributed by atoms with E-state index in [-0.39, 0.29) is 13.1 Å². The number of halogens is 2. The van der Waals surface area contributed by atoms with Gasteiger partial charge in [-0.25, -0.2) is 5.14 Å². The highest BCUT2D eigenvalue weighted by Gasteiger charge is 2.17. The van der Waals surface area contributed by atoms with Crippen molar-refractivity contribution >= 4 is 33.4 Å². The molecule has 1 aromatic carbocycles. The lowest BCUT2D eigenvalue weighted by atomic mass is 10.2. The van der Waals surface area contributed by atoms with E-state index < -0.39 is 10.2 Å². The quantitative estimate of drug-likeness (QED) is 0.858. The first-order chi connectivity index (χ1) is 7.84. The standard InChI is InChI=1S/C10H10Cl2N2O2S/c1-2-5-14(17(13,15)16)7-8-3-4-9(11)6-10(8)12/h1,3-4,6H,5,7H2,(H2,13,15,16). The molecule has 0 radical (unpaired) electrons. The van der Waals surface area contributed by atoms with Crippen LogP contribution < -0.4 is 5.14 Å². The summed E-state index contributed by atoms with van der Waals surface area (Å²) < 4.78 is 23.4. The number of hydrogen-bond acceptors (Lipinski definition) is 2. The highest BCUT2D eigenvalue weighted by atomic mass is 35.5. The van der Waals surface area contributed by atoms with Crippen LogP contribution in [0.2, 0.25) is 10.0 Å². The molecule has 1 rings (SSSR count). The molecule has 0 saturated carbocycles. The van der Waals surface area contributed by atoms with Crippen LogP contribution in [0.25, 0.3) is 0 Å². The van der Waals surface area contributed by atoms with Crippen LogP contribution in [0.4, 0.5) is 0 Å². The van der Waals surface area contributed by atoms with E-state index in [2.05, 4.69) is 5.92 Å². The van der Waals surface area contributed by atoms with Crippen molar-refractivity contribution in [2.75, 3.05) is 6.54 Å². The van der Waals surface area contributed by atoms with Gasteiger partial charge in [0.1, 0.15) is 0 Å². The maximum absolute atomic E-state index is 11.2. The summed E-state index contributed by atoms with van der Waals surface area (Å²) in [7, 11) is -3.85. The predicted molar refractivity (Wildman–Crippen MR) is 68.8 cm³/mol. The SMILES string of the molecule is C#CCN(Cc1ccc(Cl)cc1Cl)S(N)(=O)=O. The van der Waals surface area contributed by atoms with E-state index in [9.17, 15) is 8.42 Å². The van der Waals surface area contributed by atoms with Crippen LogP contribution in [0.15, 0.2) is 18.2 Å². The van der Waals surface area contributed by atoms with E-state index in [4.69, 9.17) is 34.8 Å². The van der Waals surface area contributed by atoms with Gasteiger partial charge in [0.05, 0.1) is 6.54 Å². The van der Waals surface area contributed by atoms with E-state index in [1.54, 1.807) is 12.1 Å². The molecule has 0 unspecified atom stereocenters. The first-order valence-electron chi connectivity index (χ1n) is 4.50. The fraction of sp³-hybridized carbons (Fsp3) is 0.200. The second kappa shape index (κ2) is 5.71. The monoisotopic (exact) mass is 292 g/mol. The average Bonchev–Trinajstić information content (AvgIpc) is 2.19. The molecule has 0 saturated heterocycles. The number of nitrogens with two attached hydrogens (primary N) is 1. The van der Waals surface area contributed by atoms with Crippen molar-refractivity contribution in [1.29, 1.82) is 0 Å². The van der Waals surface area contributed by atoms with Crippen molar-refractivity contribution in [1.82, 2.24) is 4.31 Å². The van der Waals surface area contributed by atoms with Gasteiger partial charge in [-0.3, -0.25) is 0 Å². The van der Waals surface area contributed by atoms with Crippen molar-refractivity contribution in [3.05, 3.63) is 33.8 Å². The zero-order valence-electron chi connectivity index (χ0n) is 8.73. The van der Waals surface area contributed by atoms with E-state index in [0.29, 0.717) is 15.6 Å². The molecule has 0 aromatic heterocycles. The first-order valence-corrected chi connectivity index (χ1v) is 6.75. The van der Waals surface area contributed by atoms with Crippen LogP contribution in [0, 0.1) is 12.3 Å². The molecule has 0 amide bonds. The fourth-order valence-corrected chi connectivity index (χ4v) is 2.22. The molecular weight excluding hydrogens is 283 g/mol. The molecule has 0 bridgehead atoms. The number of rotatable bonds is 4. The van der Waals surface area contributed by atoms with E-state index >= 15 is 0 Å². The average molecular weight is 293 g/mol. The van der Waals surface area contributed by atoms with Crippen LogP contribution in [0.5, 0.6) is 0 Å². The van der Waals surface area contributed by atoms with Gasteiger partial charge in [0.15, 0.2) is 0 Å². The third-order valence-electron chi connectivity index (χ3n) is 1.99. The molecule has 17 heavy (non-hydrogen) atoms. The van der Waals surface area contributed by atoms with Gasteiger partial charge in [0.25, 0.3) is 10.2 Å². The molecule has 7 heteroatoms. The van der Waals surface area contributed by atoms with Gasteiger partial charge >= 0.3 is 0 Å². The summed E-state index contributed by atoms with van der Waals surface area (Å²) in [5, 5.41) is 5.86. The Morgan fingerprint density at radius 3 is 2.53 bits per heavy atom. The summed E-state index contributed by atoms with van der Waals surface area (Å²) in [6.45, 7) is -0.100. The second-order valence-corrected chi connectivity index (χ2v) is 5.64. The third-order valence-corrected chi connectivity index (χ3v) is 3.55. The molecule has 1 aromatic rings. The Hall–Kier alpha value is -0.770. The first kappa shape index (κ1) is 14.3. The van der Waals surface area contributed by atoms with Crippen LogP contribution in [0.3, 0.4) is 0 Å². The molecular formula is C10H10Cl2N2O2S. The van der Waals surface area contributed by atoms with Gasteiger partial charge in [-0.2, -0.15) is 12.7 Å². The van der Waals surface area contributed by atoms with Crippen LogP contribution in [-0.2, 0) is 16.8 Å². The molecule has 0 heterocycles. The van der Waals surface area contributed by atoms with E-state index in [1.165, 1.54) is 6.07 Å². The van der Waals surface area contributed by atoms with Crippen LogP contribution in [-0.4, -0.2) is 19.3 Å². The van der Waals surface area contributed by atoms with Gasteiger partial charge in [-0.05, 0) is 17.7 Å². The summed E-state index contributed by atoms with van der Waals surface area (Å²) in [6.07, 6.45) is 5.08. The molecule has 2 N–H and O–H groups in total. The number of hydrogen-bond donors (Lipinski definition) is 1. The Morgan fingerprint density at radius 1 is 1.41 bits per heavy atom. The zero-order chi connectivity index (χ0) is 13.1. The normalized spacial score (nSPS) is 11.5. The minimum Gasteiger partial charge on any atom is -0.216 e. The maximum atomic E-state index is 11.2. The highest BCUT2D eigenvalue weighted by molar-refractivity contribution is 7.86. The fourth-order valence-electron chi connectivity index (χ4n) is 1.18. The Labute approximate surface area is 110 Å². The molecule has 0 aliphatic rings. The lowest BCUT2D eigenvalue weighted by molar-refractivity contribution is 0.444. The maximum Gasteiger partial charge on any atom is 0.278 e. The van der Waals surface area contributed by atoms with Gasteiger partial charge in [-0.1, -0.05) is 35.2 Å². The Morgan fingerprint density at radius 2 is 2.06 bits per heavy atom. The highest BCUT2D eigenvalue weighted by Crippen LogP contribution is 2.22. The smallest absolute Gasteiger partial charge is 0.216 e. The van der Waals surface area contributed by atoms with E-state index in [0.717, 1.165) is 4.31 Å². The van der Waals surface area contributed by atoms with Gasteiger partial charge in [0, 0.05) is 16.6 Å². The summed E-state index contributed by atoms with van der Waals surface area (Å²) in [5.41, 5.74) is 0.584. The van der Waals surface area contributed by atoms with Gasteiger partial charge in [-0.15, -0.1) is 6.42 Å². The molecule has 0 aliphatic heterocycles. The second-order valence-electron chi connectivity index (χ2n) is 3.25. The minimum atomic E-state index is -3.85. The number of terminal acetylenes is 1. The van der Waals surface area contributed by atoms with E-state index in [1.807, 2.05) is 0 Å². The summed E-state index contributed by atoms with van der Waals surface area (Å²) in [4.78, 5) is 0. The van der Waals surface area contributed by atoms with Crippen molar-refractivity contribution in [2.24, 2.45) is 5.14 Å². The Bertz CT molecular complexity index is 552. The largest absolute Gasteiger partial charge is 0.278 e. The van der Waals surface area contributed by atoms with Crippen LogP contribution in [0.1, 0.15) is 5.56 Å². The van der Waals surface area contributed by atoms with Crippen molar-refractivity contribution in [2.45, 2.75) is 6.54 Å².